The number of allylic oxidation sites excluding steroid dienone is 3. The van der Waals surface area contributed by atoms with Crippen molar-refractivity contribution in [1.82, 2.24) is 0 Å². The van der Waals surface area contributed by atoms with Gasteiger partial charge in [-0.25, -0.2) is 0 Å². The molecular formula is C10H12O. The van der Waals surface area contributed by atoms with E-state index in [4.69, 9.17) is 0 Å². The first-order valence-electron chi connectivity index (χ1n) is 4.04. The van der Waals surface area contributed by atoms with Crippen LogP contribution in [0.5, 0.6) is 0 Å². The Morgan fingerprint density at radius 1 is 1.82 bits per heavy atom. The Kier molecular flexibility index (Phi) is 1.15. The van der Waals surface area contributed by atoms with E-state index in [-0.39, 0.29) is 11.3 Å². The lowest BCUT2D eigenvalue weighted by Crippen LogP contribution is -2.52. The van der Waals surface area contributed by atoms with E-state index in [1.54, 1.807) is 6.08 Å². The molecule has 0 saturated heterocycles. The Bertz CT molecular complexity index is 252. The minimum absolute atomic E-state index is 0.238. The summed E-state index contributed by atoms with van der Waals surface area (Å²) in [6, 6.07) is 0. The molecule has 0 unspecified atom stereocenters. The number of hydrogen-bond acceptors (Lipinski definition) is 1. The van der Waals surface area contributed by atoms with Gasteiger partial charge in [0.05, 0.1) is 5.41 Å². The second-order valence-electron chi connectivity index (χ2n) is 3.65. The van der Waals surface area contributed by atoms with Crippen molar-refractivity contribution >= 4 is 5.78 Å². The van der Waals surface area contributed by atoms with Gasteiger partial charge in [0.25, 0.3) is 0 Å². The zero-order valence-corrected chi connectivity index (χ0v) is 6.71. The number of fused-ring (bicyclic) bond motifs is 1. The largest absolute Gasteiger partial charge is 0.298 e. The second kappa shape index (κ2) is 1.84. The molecule has 0 aromatic heterocycles. The van der Waals surface area contributed by atoms with Gasteiger partial charge in [-0.1, -0.05) is 18.2 Å². The topological polar surface area (TPSA) is 17.1 Å². The van der Waals surface area contributed by atoms with Gasteiger partial charge in [-0.15, -0.1) is 6.58 Å². The molecule has 0 amide bonds. The molecule has 1 fully saturated rings. The van der Waals surface area contributed by atoms with Crippen molar-refractivity contribution in [3.05, 3.63) is 24.8 Å². The van der Waals surface area contributed by atoms with Crippen molar-refractivity contribution in [2.24, 2.45) is 17.3 Å². The van der Waals surface area contributed by atoms with E-state index in [0.29, 0.717) is 11.7 Å². The molecule has 0 spiro atoms. The molecule has 1 nitrogen and oxygen atoms in total. The molecular weight excluding hydrogens is 136 g/mol. The maximum atomic E-state index is 11.5. The van der Waals surface area contributed by atoms with Crippen LogP contribution >= 0.6 is 0 Å². The molecule has 2 aliphatic carbocycles. The molecule has 0 radical (unpaired) electrons. The summed E-state index contributed by atoms with van der Waals surface area (Å²) in [4.78, 5) is 11.5. The summed E-state index contributed by atoms with van der Waals surface area (Å²) in [7, 11) is 0. The van der Waals surface area contributed by atoms with Gasteiger partial charge in [0.2, 0.25) is 0 Å². The van der Waals surface area contributed by atoms with Crippen LogP contribution in [0.1, 0.15) is 13.3 Å². The molecule has 0 aromatic carbocycles. The van der Waals surface area contributed by atoms with Crippen LogP contribution < -0.4 is 0 Å². The molecule has 2 aliphatic rings. The van der Waals surface area contributed by atoms with Crippen molar-refractivity contribution in [2.45, 2.75) is 13.3 Å². The smallest absolute Gasteiger partial charge is 0.147 e. The molecule has 1 heteroatoms. The average Bonchev–Trinajstić information content (AvgIpc) is 2.48. The van der Waals surface area contributed by atoms with E-state index in [1.165, 1.54) is 0 Å². The fourth-order valence-corrected chi connectivity index (χ4v) is 2.24. The molecule has 0 bridgehead atoms. The summed E-state index contributed by atoms with van der Waals surface area (Å²) in [6.07, 6.45) is 7.02. The first kappa shape index (κ1) is 6.84. The van der Waals surface area contributed by atoms with Crippen molar-refractivity contribution in [3.63, 3.8) is 0 Å². The molecule has 2 rings (SSSR count). The van der Waals surface area contributed by atoms with Crippen LogP contribution in [-0.4, -0.2) is 5.78 Å². The Labute approximate surface area is 66.8 Å². The molecule has 11 heavy (non-hydrogen) atoms. The van der Waals surface area contributed by atoms with Crippen molar-refractivity contribution in [1.29, 1.82) is 0 Å². The van der Waals surface area contributed by atoms with Gasteiger partial charge in [0.15, 0.2) is 0 Å². The third-order valence-electron chi connectivity index (χ3n) is 3.15. The van der Waals surface area contributed by atoms with Gasteiger partial charge < -0.3 is 0 Å². The summed E-state index contributed by atoms with van der Waals surface area (Å²) < 4.78 is 0. The molecule has 0 aliphatic heterocycles. The highest BCUT2D eigenvalue weighted by Crippen LogP contribution is 2.53. The van der Waals surface area contributed by atoms with E-state index in [0.717, 1.165) is 6.42 Å². The summed E-state index contributed by atoms with van der Waals surface area (Å²) in [5, 5.41) is 0. The van der Waals surface area contributed by atoms with Gasteiger partial charge in [0.1, 0.15) is 5.78 Å². The molecule has 1 saturated carbocycles. The van der Waals surface area contributed by atoms with E-state index >= 15 is 0 Å². The lowest BCUT2D eigenvalue weighted by Gasteiger charge is -2.46. The Balaban J connectivity index is 2.33. The van der Waals surface area contributed by atoms with E-state index in [1.807, 2.05) is 6.92 Å². The van der Waals surface area contributed by atoms with Crippen LogP contribution in [0.25, 0.3) is 0 Å². The number of rotatable bonds is 1. The van der Waals surface area contributed by atoms with E-state index in [2.05, 4.69) is 18.7 Å². The number of carbonyl (C=O) groups excluding carboxylic acids is 1. The zero-order chi connectivity index (χ0) is 8.06. The standard InChI is InChI=1S/C10H12O/c1-3-10(2)8-6-4-5-7(8)9(10)11/h3-4,6-8H,1,5H2,2H3/t7-,8+,10-/m0/s1. The minimum Gasteiger partial charge on any atom is -0.298 e. The van der Waals surface area contributed by atoms with E-state index in [9.17, 15) is 4.79 Å². The highest BCUT2D eigenvalue weighted by atomic mass is 16.1. The molecule has 58 valence electrons. The quantitative estimate of drug-likeness (QED) is 0.519. The number of Topliss-reactive ketones (excluding diaryl/α,β-unsaturated/α-hetero) is 1. The van der Waals surface area contributed by atoms with Crippen LogP contribution in [0, 0.1) is 17.3 Å². The summed E-state index contributed by atoms with van der Waals surface area (Å²) in [5.74, 6) is 1.12. The van der Waals surface area contributed by atoms with Gasteiger partial charge in [0, 0.05) is 11.8 Å². The average molecular weight is 148 g/mol. The minimum atomic E-state index is -0.238. The van der Waals surface area contributed by atoms with Crippen LogP contribution in [0.15, 0.2) is 24.8 Å². The summed E-state index contributed by atoms with van der Waals surface area (Å²) in [6.45, 7) is 5.70. The lowest BCUT2D eigenvalue weighted by atomic mass is 9.55. The van der Waals surface area contributed by atoms with E-state index < -0.39 is 0 Å². The third kappa shape index (κ3) is 0.590. The van der Waals surface area contributed by atoms with Crippen LogP contribution in [0.3, 0.4) is 0 Å². The monoisotopic (exact) mass is 148 g/mol. The second-order valence-corrected chi connectivity index (χ2v) is 3.65. The first-order chi connectivity index (χ1) is 5.20. The van der Waals surface area contributed by atoms with Crippen LogP contribution in [0.4, 0.5) is 0 Å². The number of carbonyl (C=O) groups is 1. The maximum absolute atomic E-state index is 11.5. The van der Waals surface area contributed by atoms with Crippen molar-refractivity contribution < 1.29 is 4.79 Å². The van der Waals surface area contributed by atoms with Gasteiger partial charge >= 0.3 is 0 Å². The fraction of sp³-hybridized carbons (Fsp3) is 0.500. The highest BCUT2D eigenvalue weighted by Gasteiger charge is 2.56. The predicted octanol–water partition coefficient (Wildman–Crippen LogP) is 1.95. The molecule has 0 aromatic rings. The normalized spacial score (nSPS) is 46.8. The van der Waals surface area contributed by atoms with Crippen molar-refractivity contribution in [2.75, 3.05) is 0 Å². The van der Waals surface area contributed by atoms with Gasteiger partial charge in [-0.2, -0.15) is 0 Å². The number of ketones is 1. The zero-order valence-electron chi connectivity index (χ0n) is 6.71. The first-order valence-corrected chi connectivity index (χ1v) is 4.04. The number of hydrogen-bond donors (Lipinski definition) is 0. The highest BCUT2D eigenvalue weighted by molar-refractivity contribution is 5.96. The Morgan fingerprint density at radius 2 is 2.55 bits per heavy atom. The lowest BCUT2D eigenvalue weighted by molar-refractivity contribution is -0.145. The van der Waals surface area contributed by atoms with Crippen molar-refractivity contribution in [3.8, 4) is 0 Å². The van der Waals surface area contributed by atoms with Crippen LogP contribution in [-0.2, 0) is 4.79 Å². The Hall–Kier alpha value is -0.850. The molecule has 0 N–H and O–H groups in total. The SMILES string of the molecule is C=C[C@]1(C)C(=O)[C@H]2CC=C[C@H]21. The Morgan fingerprint density at radius 3 is 3.18 bits per heavy atom. The third-order valence-corrected chi connectivity index (χ3v) is 3.15. The summed E-state index contributed by atoms with van der Waals surface area (Å²) in [5.41, 5.74) is -0.238. The predicted molar refractivity (Wildman–Crippen MR) is 44.0 cm³/mol. The maximum Gasteiger partial charge on any atom is 0.147 e. The fourth-order valence-electron chi connectivity index (χ4n) is 2.24. The molecule has 3 atom stereocenters. The molecule has 0 heterocycles. The van der Waals surface area contributed by atoms with Gasteiger partial charge in [-0.3, -0.25) is 4.79 Å². The van der Waals surface area contributed by atoms with Gasteiger partial charge in [-0.05, 0) is 13.3 Å². The summed E-state index contributed by atoms with van der Waals surface area (Å²) >= 11 is 0. The van der Waals surface area contributed by atoms with Crippen LogP contribution in [0.2, 0.25) is 0 Å².